The number of hydrogen-bond acceptors (Lipinski definition) is 4. The van der Waals surface area contributed by atoms with Crippen LogP contribution in [-0.2, 0) is 4.79 Å². The first-order valence-electron chi connectivity index (χ1n) is 13.2. The molecule has 1 N–H and O–H groups in total. The fraction of sp³-hybridized carbons (Fsp3) is 0.452. The normalized spacial score (nSPS) is 26.4. The Labute approximate surface area is 205 Å². The third-order valence-corrected chi connectivity index (χ3v) is 9.37. The second kappa shape index (κ2) is 8.29. The van der Waals surface area contributed by atoms with Crippen LogP contribution < -0.4 is 10.9 Å². The molecule has 3 aromatic carbocycles. The van der Waals surface area contributed by atoms with Gasteiger partial charge in [-0.15, -0.1) is 0 Å². The Morgan fingerprint density at radius 3 is 2.14 bits per heavy atom. The van der Waals surface area contributed by atoms with Crippen molar-refractivity contribution in [1.29, 1.82) is 0 Å². The summed E-state index contributed by atoms with van der Waals surface area (Å²) in [5, 5.41) is 9.85. The maximum absolute atomic E-state index is 12.9. The minimum Gasteiger partial charge on any atom is -0.503 e. The molecular weight excluding hydrogens is 436 g/mol. The molecule has 3 aliphatic carbocycles. The van der Waals surface area contributed by atoms with Gasteiger partial charge in [-0.25, -0.2) is 0 Å². The monoisotopic (exact) mass is 468 g/mol. The lowest BCUT2D eigenvalue weighted by molar-refractivity contribution is -0.128. The number of benzene rings is 2. The Morgan fingerprint density at radius 2 is 1.49 bits per heavy atom. The van der Waals surface area contributed by atoms with Crippen LogP contribution in [0.3, 0.4) is 0 Å². The zero-order valence-electron chi connectivity index (χ0n) is 20.3. The molecule has 0 saturated heterocycles. The summed E-state index contributed by atoms with van der Waals surface area (Å²) in [6, 6.07) is 14.3. The Bertz CT molecular complexity index is 1360. The highest BCUT2D eigenvalue weighted by Gasteiger charge is 2.56. The summed E-state index contributed by atoms with van der Waals surface area (Å²) in [5.41, 5.74) is 4.19. The fourth-order valence-electron chi connectivity index (χ4n) is 7.02. The molecule has 3 fully saturated rings. The lowest BCUT2D eigenvalue weighted by atomic mass is 9.74. The van der Waals surface area contributed by atoms with Crippen LogP contribution in [-0.4, -0.2) is 10.9 Å². The van der Waals surface area contributed by atoms with E-state index in [2.05, 4.69) is 24.3 Å². The SMILES string of the molecule is Cc1ccc(-c2c(O)c(=O)c2=O)cc1-c1ccc([C@H]2CC23CCC(C(=O)C2CCCC2)CC3)cc1. The Morgan fingerprint density at radius 1 is 0.857 bits per heavy atom. The van der Waals surface area contributed by atoms with Crippen molar-refractivity contribution < 1.29 is 9.90 Å². The van der Waals surface area contributed by atoms with Crippen LogP contribution in [0.1, 0.15) is 74.8 Å². The average molecular weight is 469 g/mol. The van der Waals surface area contributed by atoms with E-state index < -0.39 is 16.6 Å². The van der Waals surface area contributed by atoms with Gasteiger partial charge in [-0.3, -0.25) is 14.4 Å². The van der Waals surface area contributed by atoms with E-state index in [1.54, 1.807) is 6.07 Å². The Kier molecular flexibility index (Phi) is 5.32. The highest BCUT2D eigenvalue weighted by atomic mass is 16.3. The molecule has 3 aromatic rings. The highest BCUT2D eigenvalue weighted by Crippen LogP contribution is 2.67. The first-order chi connectivity index (χ1) is 16.9. The van der Waals surface area contributed by atoms with Gasteiger partial charge in [0.1, 0.15) is 5.78 Å². The third kappa shape index (κ3) is 3.69. The molecule has 4 nitrogen and oxygen atoms in total. The minimum absolute atomic E-state index is 0.120. The number of aromatic hydroxyl groups is 1. The minimum atomic E-state index is -0.804. The van der Waals surface area contributed by atoms with Gasteiger partial charge in [0.05, 0.1) is 5.56 Å². The summed E-state index contributed by atoms with van der Waals surface area (Å²) in [6.07, 6.45) is 10.4. The molecule has 0 aliphatic heterocycles. The number of rotatable bonds is 5. The maximum atomic E-state index is 12.9. The van der Waals surface area contributed by atoms with Crippen LogP contribution in [0, 0.1) is 24.2 Å². The van der Waals surface area contributed by atoms with Crippen molar-refractivity contribution in [3.05, 3.63) is 74.0 Å². The van der Waals surface area contributed by atoms with Crippen LogP contribution in [0.2, 0.25) is 0 Å². The van der Waals surface area contributed by atoms with E-state index in [0.717, 1.165) is 42.4 Å². The predicted octanol–water partition coefficient (Wildman–Crippen LogP) is 6.05. The molecular formula is C31H32O4. The number of carbonyl (C=O) groups excluding carboxylic acids is 1. The lowest BCUT2D eigenvalue weighted by Crippen LogP contribution is -2.31. The van der Waals surface area contributed by atoms with Gasteiger partial charge in [0.25, 0.3) is 5.43 Å². The molecule has 1 atom stereocenters. The second-order valence-electron chi connectivity index (χ2n) is 11.3. The molecule has 0 heterocycles. The van der Waals surface area contributed by atoms with Crippen LogP contribution in [0.5, 0.6) is 5.75 Å². The standard InChI is InChI=1S/C31H32O4/c1-18-6-7-23(26-28(33)30(35)29(26)34)16-24(18)19-8-10-20(11-9-19)25-17-31(25)14-12-22(13-15-31)27(32)21-4-2-3-5-21/h6-11,16,21-22,25,33H,2-5,12-15,17H2,1H3/t22?,25-,31?/m1/s1. The van der Waals surface area contributed by atoms with E-state index in [-0.39, 0.29) is 5.56 Å². The van der Waals surface area contributed by atoms with E-state index in [1.807, 2.05) is 19.1 Å². The van der Waals surface area contributed by atoms with Crippen LogP contribution in [0.15, 0.2) is 52.1 Å². The molecule has 0 bridgehead atoms. The van der Waals surface area contributed by atoms with Crippen molar-refractivity contribution in [2.75, 3.05) is 0 Å². The van der Waals surface area contributed by atoms with Gasteiger partial charge in [0, 0.05) is 11.8 Å². The first kappa shape index (κ1) is 22.5. The van der Waals surface area contributed by atoms with Gasteiger partial charge < -0.3 is 5.11 Å². The van der Waals surface area contributed by atoms with E-state index >= 15 is 0 Å². The second-order valence-corrected chi connectivity index (χ2v) is 11.3. The predicted molar refractivity (Wildman–Crippen MR) is 137 cm³/mol. The smallest absolute Gasteiger partial charge is 0.268 e. The Balaban J connectivity index is 1.15. The van der Waals surface area contributed by atoms with Crippen molar-refractivity contribution in [2.24, 2.45) is 17.3 Å². The maximum Gasteiger partial charge on any atom is 0.268 e. The van der Waals surface area contributed by atoms with E-state index in [4.69, 9.17) is 0 Å². The van der Waals surface area contributed by atoms with Gasteiger partial charge >= 0.3 is 0 Å². The van der Waals surface area contributed by atoms with E-state index in [1.165, 1.54) is 37.7 Å². The number of carbonyl (C=O) groups is 1. The summed E-state index contributed by atoms with van der Waals surface area (Å²) >= 11 is 0. The average Bonchev–Trinajstić information content (AvgIpc) is 3.30. The van der Waals surface area contributed by atoms with Gasteiger partial charge in [0.15, 0.2) is 5.75 Å². The largest absolute Gasteiger partial charge is 0.503 e. The summed E-state index contributed by atoms with van der Waals surface area (Å²) in [7, 11) is 0. The molecule has 0 amide bonds. The summed E-state index contributed by atoms with van der Waals surface area (Å²) in [5.74, 6) is 1.37. The summed E-state index contributed by atoms with van der Waals surface area (Å²) in [6.45, 7) is 2.02. The molecule has 180 valence electrons. The van der Waals surface area contributed by atoms with Crippen molar-refractivity contribution in [3.8, 4) is 28.0 Å². The van der Waals surface area contributed by atoms with E-state index in [0.29, 0.717) is 34.5 Å². The topological polar surface area (TPSA) is 71.4 Å². The van der Waals surface area contributed by atoms with Crippen molar-refractivity contribution >= 4 is 5.78 Å². The zero-order valence-corrected chi connectivity index (χ0v) is 20.3. The van der Waals surface area contributed by atoms with Crippen molar-refractivity contribution in [1.82, 2.24) is 0 Å². The van der Waals surface area contributed by atoms with Gasteiger partial charge in [-0.2, -0.15) is 0 Å². The summed E-state index contributed by atoms with van der Waals surface area (Å²) in [4.78, 5) is 36.2. The highest BCUT2D eigenvalue weighted by molar-refractivity contribution is 5.84. The van der Waals surface area contributed by atoms with Crippen LogP contribution >= 0.6 is 0 Å². The van der Waals surface area contributed by atoms with Crippen LogP contribution in [0.4, 0.5) is 0 Å². The molecule has 4 heteroatoms. The third-order valence-electron chi connectivity index (χ3n) is 9.37. The molecule has 35 heavy (non-hydrogen) atoms. The number of Topliss-reactive ketones (excluding diaryl/α,β-unsaturated/α-hetero) is 1. The van der Waals surface area contributed by atoms with Gasteiger partial charge in [-0.05, 0) is 97.1 Å². The molecule has 0 radical (unpaired) electrons. The Hall–Kier alpha value is -3.01. The van der Waals surface area contributed by atoms with Crippen LogP contribution in [0.25, 0.3) is 22.3 Å². The van der Waals surface area contributed by atoms with Crippen molar-refractivity contribution in [2.45, 2.75) is 70.6 Å². The van der Waals surface area contributed by atoms with Crippen molar-refractivity contribution in [3.63, 3.8) is 0 Å². The van der Waals surface area contributed by atoms with Gasteiger partial charge in [0.2, 0.25) is 5.43 Å². The quantitative estimate of drug-likeness (QED) is 0.463. The number of hydrogen-bond donors (Lipinski definition) is 1. The first-order valence-corrected chi connectivity index (χ1v) is 13.2. The van der Waals surface area contributed by atoms with E-state index in [9.17, 15) is 19.5 Å². The zero-order chi connectivity index (χ0) is 24.3. The van der Waals surface area contributed by atoms with Gasteiger partial charge in [-0.1, -0.05) is 49.2 Å². The molecule has 0 unspecified atom stereocenters. The molecule has 6 rings (SSSR count). The lowest BCUT2D eigenvalue weighted by Gasteiger charge is -2.30. The number of ketones is 1. The fourth-order valence-corrected chi connectivity index (χ4v) is 7.02. The molecule has 3 aliphatic rings. The molecule has 1 spiro atoms. The number of aryl methyl sites for hydroxylation is 1. The summed E-state index contributed by atoms with van der Waals surface area (Å²) < 4.78 is 0. The molecule has 0 aromatic heterocycles. The molecule has 3 saturated carbocycles.